The molecule has 2 aromatic carbocycles. The summed E-state index contributed by atoms with van der Waals surface area (Å²) in [7, 11) is 1.83. The Morgan fingerprint density at radius 1 is 1.07 bits per heavy atom. The highest BCUT2D eigenvalue weighted by molar-refractivity contribution is 9.10. The maximum Gasteiger partial charge on any atom is 0.269 e. The molecule has 0 saturated carbocycles. The first kappa shape index (κ1) is 22.1. The molecule has 0 fully saturated rings. The first-order valence-electron chi connectivity index (χ1n) is 8.77. The maximum atomic E-state index is 12.0. The number of halogens is 2. The van der Waals surface area contributed by atoms with Crippen molar-refractivity contribution >= 4 is 56.8 Å². The molecule has 0 aliphatic heterocycles. The molecule has 0 saturated heterocycles. The quantitative estimate of drug-likeness (QED) is 0.333. The number of carbonyl (C=O) groups excluding carboxylic acids is 2. The van der Waals surface area contributed by atoms with Crippen molar-refractivity contribution in [3.05, 3.63) is 69.4 Å². The minimum absolute atomic E-state index is 0.0806. The van der Waals surface area contributed by atoms with E-state index in [0.717, 1.165) is 16.0 Å². The van der Waals surface area contributed by atoms with Gasteiger partial charge in [0.25, 0.3) is 5.91 Å². The number of aromatic nitrogens is 3. The van der Waals surface area contributed by atoms with Crippen molar-refractivity contribution in [1.82, 2.24) is 25.6 Å². The molecule has 11 heteroatoms. The van der Waals surface area contributed by atoms with E-state index in [1.54, 1.807) is 41.0 Å². The molecule has 3 rings (SSSR count). The Labute approximate surface area is 190 Å². The van der Waals surface area contributed by atoms with Crippen LogP contribution in [0.15, 0.2) is 58.2 Å². The topological polar surface area (TPSA) is 101 Å². The van der Waals surface area contributed by atoms with Gasteiger partial charge in [-0.15, -0.1) is 10.2 Å². The van der Waals surface area contributed by atoms with Gasteiger partial charge in [-0.05, 0) is 48.5 Å². The lowest BCUT2D eigenvalue weighted by Gasteiger charge is -2.08. The number of carbonyl (C=O) groups is 2. The Balaban J connectivity index is 1.45. The Kier molecular flexibility index (Phi) is 7.72. The molecule has 2 amide bonds. The van der Waals surface area contributed by atoms with E-state index in [0.29, 0.717) is 22.3 Å². The molecule has 0 bridgehead atoms. The van der Waals surface area contributed by atoms with Gasteiger partial charge < -0.3 is 9.88 Å². The van der Waals surface area contributed by atoms with Gasteiger partial charge >= 0.3 is 0 Å². The minimum Gasteiger partial charge on any atom is -0.378 e. The maximum absolute atomic E-state index is 12.0. The summed E-state index contributed by atoms with van der Waals surface area (Å²) >= 11 is 10.4. The summed E-state index contributed by atoms with van der Waals surface area (Å²) in [5.74, 6) is 0.0535. The number of hydrogen-bond acceptors (Lipinski definition) is 6. The lowest BCUT2D eigenvalue weighted by molar-refractivity contribution is -0.119. The molecule has 30 heavy (non-hydrogen) atoms. The second kappa shape index (κ2) is 10.5. The third kappa shape index (κ3) is 6.22. The van der Waals surface area contributed by atoms with Crippen molar-refractivity contribution < 1.29 is 9.59 Å². The highest BCUT2D eigenvalue weighted by Gasteiger charge is 2.12. The Morgan fingerprint density at radius 2 is 1.77 bits per heavy atom. The van der Waals surface area contributed by atoms with Crippen LogP contribution in [0.1, 0.15) is 16.2 Å². The standard InChI is InChI=1S/C19H18BrClN6O2S/c1-27-16(10-22-15-8-6-14(21)7-9-15)23-26-19(27)30-11-17(28)24-25-18(29)12-2-4-13(20)5-3-12/h2-9,22H,10-11H2,1H3,(H,24,28)(H,25,29). The van der Waals surface area contributed by atoms with E-state index in [1.165, 1.54) is 11.8 Å². The number of benzene rings is 2. The number of rotatable bonds is 7. The van der Waals surface area contributed by atoms with Gasteiger partial charge in [0.15, 0.2) is 11.0 Å². The molecule has 0 atom stereocenters. The predicted octanol–water partition coefficient (Wildman–Crippen LogP) is 3.40. The smallest absolute Gasteiger partial charge is 0.269 e. The lowest BCUT2D eigenvalue weighted by Crippen LogP contribution is -2.42. The molecular formula is C19H18BrClN6O2S. The van der Waals surface area contributed by atoms with Crippen LogP contribution >= 0.6 is 39.3 Å². The van der Waals surface area contributed by atoms with Crippen LogP contribution in [-0.4, -0.2) is 32.3 Å². The van der Waals surface area contributed by atoms with Crippen LogP contribution in [0.3, 0.4) is 0 Å². The highest BCUT2D eigenvalue weighted by atomic mass is 79.9. The normalized spacial score (nSPS) is 10.5. The summed E-state index contributed by atoms with van der Waals surface area (Å²) in [5, 5.41) is 12.8. The average molecular weight is 510 g/mol. The predicted molar refractivity (Wildman–Crippen MR) is 120 cm³/mol. The summed E-state index contributed by atoms with van der Waals surface area (Å²) in [6, 6.07) is 14.2. The molecular weight excluding hydrogens is 492 g/mol. The van der Waals surface area contributed by atoms with Crippen molar-refractivity contribution in [2.45, 2.75) is 11.7 Å². The van der Waals surface area contributed by atoms with E-state index in [1.807, 2.05) is 19.2 Å². The van der Waals surface area contributed by atoms with Crippen LogP contribution in [0.4, 0.5) is 5.69 Å². The largest absolute Gasteiger partial charge is 0.378 e. The van der Waals surface area contributed by atoms with Gasteiger partial charge in [0, 0.05) is 27.8 Å². The monoisotopic (exact) mass is 508 g/mol. The molecule has 0 radical (unpaired) electrons. The van der Waals surface area contributed by atoms with Crippen LogP contribution in [-0.2, 0) is 18.4 Å². The number of anilines is 1. The Bertz CT molecular complexity index is 1030. The zero-order valence-corrected chi connectivity index (χ0v) is 19.0. The Morgan fingerprint density at radius 3 is 2.47 bits per heavy atom. The minimum atomic E-state index is -0.393. The molecule has 0 unspecified atom stereocenters. The number of nitrogens with one attached hydrogen (secondary N) is 3. The molecule has 156 valence electrons. The number of thioether (sulfide) groups is 1. The van der Waals surface area contributed by atoms with Gasteiger partial charge in [0.2, 0.25) is 5.91 Å². The van der Waals surface area contributed by atoms with Crippen LogP contribution in [0.2, 0.25) is 5.02 Å². The van der Waals surface area contributed by atoms with Gasteiger partial charge in [-0.25, -0.2) is 0 Å². The van der Waals surface area contributed by atoms with Crippen LogP contribution in [0, 0.1) is 0 Å². The van der Waals surface area contributed by atoms with E-state index in [9.17, 15) is 9.59 Å². The summed E-state index contributed by atoms with van der Waals surface area (Å²) in [4.78, 5) is 24.0. The van der Waals surface area contributed by atoms with Crippen molar-refractivity contribution in [1.29, 1.82) is 0 Å². The molecule has 0 aliphatic carbocycles. The summed E-state index contributed by atoms with van der Waals surface area (Å²) < 4.78 is 2.67. The van der Waals surface area contributed by atoms with Crippen molar-refractivity contribution in [2.24, 2.45) is 7.05 Å². The van der Waals surface area contributed by atoms with Crippen molar-refractivity contribution in [2.75, 3.05) is 11.1 Å². The number of hydrogen-bond donors (Lipinski definition) is 3. The van der Waals surface area contributed by atoms with Crippen LogP contribution in [0.25, 0.3) is 0 Å². The molecule has 8 nitrogen and oxygen atoms in total. The van der Waals surface area contributed by atoms with E-state index in [4.69, 9.17) is 11.6 Å². The van der Waals surface area contributed by atoms with Crippen molar-refractivity contribution in [3.8, 4) is 0 Å². The third-order valence-corrected chi connectivity index (χ3v) is 5.78. The second-order valence-electron chi connectivity index (χ2n) is 6.12. The van der Waals surface area contributed by atoms with Gasteiger partial charge in [0.05, 0.1) is 12.3 Å². The SMILES string of the molecule is Cn1c(CNc2ccc(Cl)cc2)nnc1SCC(=O)NNC(=O)c1ccc(Br)cc1. The van der Waals surface area contributed by atoms with Crippen molar-refractivity contribution in [3.63, 3.8) is 0 Å². The number of nitrogens with zero attached hydrogens (tertiary/aromatic N) is 3. The fraction of sp³-hybridized carbons (Fsp3) is 0.158. The number of hydrazine groups is 1. The zero-order valence-electron chi connectivity index (χ0n) is 15.9. The Hall–Kier alpha value is -2.56. The summed E-state index contributed by atoms with van der Waals surface area (Å²) in [6.45, 7) is 0.473. The van der Waals surface area contributed by atoms with E-state index < -0.39 is 5.91 Å². The van der Waals surface area contributed by atoms with E-state index >= 15 is 0 Å². The van der Waals surface area contributed by atoms with E-state index in [2.05, 4.69) is 42.3 Å². The summed E-state index contributed by atoms with van der Waals surface area (Å²) in [6.07, 6.45) is 0. The van der Waals surface area contributed by atoms with E-state index in [-0.39, 0.29) is 11.7 Å². The molecule has 3 aromatic rings. The van der Waals surface area contributed by atoms with Gasteiger partial charge in [-0.3, -0.25) is 20.4 Å². The zero-order chi connectivity index (χ0) is 21.5. The lowest BCUT2D eigenvalue weighted by atomic mass is 10.2. The van der Waals surface area contributed by atoms with Gasteiger partial charge in [0.1, 0.15) is 0 Å². The summed E-state index contributed by atoms with van der Waals surface area (Å²) in [5.41, 5.74) is 6.14. The van der Waals surface area contributed by atoms with Crippen LogP contribution in [0.5, 0.6) is 0 Å². The second-order valence-corrected chi connectivity index (χ2v) is 8.41. The molecule has 0 aliphatic rings. The third-order valence-electron chi connectivity index (χ3n) is 3.97. The molecule has 0 spiro atoms. The van der Waals surface area contributed by atoms with Gasteiger partial charge in [-0.2, -0.15) is 0 Å². The number of amides is 2. The average Bonchev–Trinajstić information content (AvgIpc) is 3.10. The van der Waals surface area contributed by atoms with Crippen LogP contribution < -0.4 is 16.2 Å². The molecule has 1 heterocycles. The first-order valence-corrected chi connectivity index (χ1v) is 10.9. The van der Waals surface area contributed by atoms with Gasteiger partial charge in [-0.1, -0.05) is 39.3 Å². The molecule has 1 aromatic heterocycles. The fourth-order valence-corrected chi connectivity index (χ4v) is 3.46. The fourth-order valence-electron chi connectivity index (χ4n) is 2.34. The first-order chi connectivity index (χ1) is 14.4. The molecule has 3 N–H and O–H groups in total. The highest BCUT2D eigenvalue weighted by Crippen LogP contribution is 2.17.